The molecule has 0 saturated heterocycles. The van der Waals surface area contributed by atoms with E-state index in [0.29, 0.717) is 0 Å². The Labute approximate surface area is 132 Å². The fraction of sp³-hybridized carbons (Fsp3) is 0. The van der Waals surface area contributed by atoms with Crippen molar-refractivity contribution in [1.82, 2.24) is 25.0 Å². The summed E-state index contributed by atoms with van der Waals surface area (Å²) in [5.41, 5.74) is 2.87. The number of pyridine rings is 2. The Morgan fingerprint density at radius 3 is 2.39 bits per heavy atom. The molecule has 0 N–H and O–H groups in total. The molecule has 0 aliphatic heterocycles. The first-order chi connectivity index (χ1) is 11.4. The van der Waals surface area contributed by atoms with E-state index in [1.54, 1.807) is 4.52 Å². The Bertz CT molecular complexity index is 1020. The zero-order valence-electron chi connectivity index (χ0n) is 12.2. The lowest BCUT2D eigenvalue weighted by Crippen LogP contribution is -1.89. The van der Waals surface area contributed by atoms with Crippen LogP contribution >= 0.6 is 0 Å². The number of tetrazole rings is 1. The van der Waals surface area contributed by atoms with Gasteiger partial charge in [0.15, 0.2) is 5.65 Å². The Kier molecular flexibility index (Phi) is 3.37. The maximum atomic E-state index is 4.18. The van der Waals surface area contributed by atoms with E-state index in [1.165, 1.54) is 5.39 Å². The van der Waals surface area contributed by atoms with Gasteiger partial charge in [-0.2, -0.15) is 4.52 Å². The zero-order chi connectivity index (χ0) is 15.5. The summed E-state index contributed by atoms with van der Waals surface area (Å²) >= 11 is 0. The maximum absolute atomic E-state index is 4.18. The van der Waals surface area contributed by atoms with Crippen LogP contribution in [-0.4, -0.2) is 25.0 Å². The molecule has 5 heteroatoms. The van der Waals surface area contributed by atoms with E-state index >= 15 is 0 Å². The molecule has 3 heterocycles. The van der Waals surface area contributed by atoms with Gasteiger partial charge in [-0.1, -0.05) is 42.5 Å². The Morgan fingerprint density at radius 1 is 0.696 bits per heavy atom. The minimum atomic E-state index is 0.777. The molecule has 2 aromatic carbocycles. The van der Waals surface area contributed by atoms with Gasteiger partial charge < -0.3 is 0 Å². The third-order valence-corrected chi connectivity index (χ3v) is 3.58. The predicted octanol–water partition coefficient (Wildman–Crippen LogP) is 3.51. The van der Waals surface area contributed by atoms with Gasteiger partial charge in [-0.05, 0) is 40.8 Å². The number of hydrogen-bond donors (Lipinski definition) is 0. The second kappa shape index (κ2) is 5.81. The van der Waals surface area contributed by atoms with Gasteiger partial charge in [0, 0.05) is 17.0 Å². The van der Waals surface area contributed by atoms with Crippen LogP contribution in [0.3, 0.4) is 0 Å². The summed E-state index contributed by atoms with van der Waals surface area (Å²) in [6.45, 7) is 0. The van der Waals surface area contributed by atoms with Crippen LogP contribution in [0.5, 0.6) is 0 Å². The van der Waals surface area contributed by atoms with Crippen molar-refractivity contribution >= 4 is 27.5 Å². The van der Waals surface area contributed by atoms with E-state index in [9.17, 15) is 0 Å². The zero-order valence-corrected chi connectivity index (χ0v) is 12.2. The summed E-state index contributed by atoms with van der Waals surface area (Å²) in [5, 5.41) is 13.7. The minimum Gasteiger partial charge on any atom is -0.256 e. The third-order valence-electron chi connectivity index (χ3n) is 3.58. The Balaban J connectivity index is 0.000000122. The Hall–Kier alpha value is -3.34. The van der Waals surface area contributed by atoms with Gasteiger partial charge in [0.25, 0.3) is 0 Å². The highest BCUT2D eigenvalue weighted by atomic mass is 15.5. The molecule has 0 saturated carbocycles. The van der Waals surface area contributed by atoms with Gasteiger partial charge >= 0.3 is 0 Å². The van der Waals surface area contributed by atoms with Crippen LogP contribution in [0.25, 0.3) is 27.5 Å². The highest BCUT2D eigenvalue weighted by Gasteiger charge is 2.00. The summed E-state index contributed by atoms with van der Waals surface area (Å²) in [5.74, 6) is 0. The largest absolute Gasteiger partial charge is 0.256 e. The SMILES string of the molecule is c1ccc2c(c1)ccc1nnnn12.c1ccc2ncccc2c1. The molecule has 110 valence electrons. The first kappa shape index (κ1) is 13.3. The summed E-state index contributed by atoms with van der Waals surface area (Å²) in [6, 6.07) is 24.0. The minimum absolute atomic E-state index is 0.777. The highest BCUT2D eigenvalue weighted by molar-refractivity contribution is 5.81. The van der Waals surface area contributed by atoms with Gasteiger partial charge in [0.2, 0.25) is 0 Å². The number of para-hydroxylation sites is 2. The summed E-state index contributed by atoms with van der Waals surface area (Å²) < 4.78 is 1.73. The van der Waals surface area contributed by atoms with E-state index in [4.69, 9.17) is 0 Å². The van der Waals surface area contributed by atoms with Gasteiger partial charge in [-0.3, -0.25) is 4.98 Å². The highest BCUT2D eigenvalue weighted by Crippen LogP contribution is 2.13. The van der Waals surface area contributed by atoms with E-state index in [0.717, 1.165) is 22.1 Å². The van der Waals surface area contributed by atoms with Gasteiger partial charge in [0.05, 0.1) is 11.0 Å². The quantitative estimate of drug-likeness (QED) is 0.439. The number of nitrogens with zero attached hydrogens (tertiary/aromatic N) is 5. The molecule has 5 nitrogen and oxygen atoms in total. The van der Waals surface area contributed by atoms with Crippen molar-refractivity contribution in [2.45, 2.75) is 0 Å². The van der Waals surface area contributed by atoms with E-state index in [1.807, 2.05) is 66.9 Å². The van der Waals surface area contributed by atoms with Gasteiger partial charge in [0.1, 0.15) is 0 Å². The fourth-order valence-corrected chi connectivity index (χ4v) is 2.47. The second-order valence-electron chi connectivity index (χ2n) is 5.04. The third kappa shape index (κ3) is 2.60. The number of benzene rings is 2. The Morgan fingerprint density at radius 2 is 1.48 bits per heavy atom. The van der Waals surface area contributed by atoms with E-state index in [2.05, 4.69) is 32.6 Å². The molecule has 0 aliphatic carbocycles. The van der Waals surface area contributed by atoms with Crippen molar-refractivity contribution in [3.63, 3.8) is 0 Å². The van der Waals surface area contributed by atoms with Crippen molar-refractivity contribution in [3.05, 3.63) is 79.0 Å². The molecular formula is C18H13N5. The lowest BCUT2D eigenvalue weighted by molar-refractivity contribution is 0.841. The molecule has 0 fully saturated rings. The molecule has 0 unspecified atom stereocenters. The van der Waals surface area contributed by atoms with Gasteiger partial charge in [-0.15, -0.1) is 5.10 Å². The lowest BCUT2D eigenvalue weighted by atomic mass is 10.2. The molecule has 3 aromatic heterocycles. The summed E-state index contributed by atoms with van der Waals surface area (Å²) in [4.78, 5) is 4.18. The lowest BCUT2D eigenvalue weighted by Gasteiger charge is -1.97. The number of hydrogen-bond acceptors (Lipinski definition) is 4. The molecule has 5 aromatic rings. The van der Waals surface area contributed by atoms with E-state index < -0.39 is 0 Å². The van der Waals surface area contributed by atoms with Crippen molar-refractivity contribution in [3.8, 4) is 0 Å². The van der Waals surface area contributed by atoms with Crippen LogP contribution in [-0.2, 0) is 0 Å². The standard InChI is InChI=1S/C9H6N4.C9H7N/c1-2-4-8-7(3-1)5-6-9-10-11-12-13(8)9;1-2-6-9-8(4-1)5-3-7-10-9/h1-6H;1-7H. The monoisotopic (exact) mass is 299 g/mol. The van der Waals surface area contributed by atoms with Crippen LogP contribution in [0.2, 0.25) is 0 Å². The molecule has 0 radical (unpaired) electrons. The second-order valence-corrected chi connectivity index (χ2v) is 5.04. The first-order valence-electron chi connectivity index (χ1n) is 7.27. The fourth-order valence-electron chi connectivity index (χ4n) is 2.47. The predicted molar refractivity (Wildman–Crippen MR) is 90.0 cm³/mol. The molecule has 0 spiro atoms. The summed E-state index contributed by atoms with van der Waals surface area (Å²) in [6.07, 6.45) is 1.81. The number of fused-ring (bicyclic) bond motifs is 4. The van der Waals surface area contributed by atoms with Crippen molar-refractivity contribution < 1.29 is 0 Å². The number of rotatable bonds is 0. The molecular weight excluding hydrogens is 286 g/mol. The van der Waals surface area contributed by atoms with E-state index in [-0.39, 0.29) is 0 Å². The molecule has 0 atom stereocenters. The molecule has 0 bridgehead atoms. The maximum Gasteiger partial charge on any atom is 0.179 e. The number of aromatic nitrogens is 5. The molecule has 5 rings (SSSR count). The normalized spacial score (nSPS) is 10.6. The smallest absolute Gasteiger partial charge is 0.179 e. The average Bonchev–Trinajstić information content (AvgIpc) is 3.12. The van der Waals surface area contributed by atoms with Crippen LogP contribution in [0.4, 0.5) is 0 Å². The first-order valence-corrected chi connectivity index (χ1v) is 7.27. The van der Waals surface area contributed by atoms with Crippen molar-refractivity contribution in [1.29, 1.82) is 0 Å². The van der Waals surface area contributed by atoms with Crippen LogP contribution in [0.1, 0.15) is 0 Å². The van der Waals surface area contributed by atoms with Crippen LogP contribution in [0.15, 0.2) is 79.0 Å². The van der Waals surface area contributed by atoms with Crippen molar-refractivity contribution in [2.24, 2.45) is 0 Å². The van der Waals surface area contributed by atoms with Crippen molar-refractivity contribution in [2.75, 3.05) is 0 Å². The average molecular weight is 299 g/mol. The van der Waals surface area contributed by atoms with Crippen LogP contribution < -0.4 is 0 Å². The molecule has 0 amide bonds. The molecule has 23 heavy (non-hydrogen) atoms. The van der Waals surface area contributed by atoms with Gasteiger partial charge in [-0.25, -0.2) is 0 Å². The topological polar surface area (TPSA) is 56.0 Å². The summed E-state index contributed by atoms with van der Waals surface area (Å²) in [7, 11) is 0. The van der Waals surface area contributed by atoms with Crippen LogP contribution in [0, 0.1) is 0 Å². The molecule has 0 aliphatic rings.